The van der Waals surface area contributed by atoms with Gasteiger partial charge in [0.2, 0.25) is 0 Å². The Bertz CT molecular complexity index is 430. The molecule has 0 aromatic heterocycles. The van der Waals surface area contributed by atoms with Crippen LogP contribution in [-0.4, -0.2) is 25.6 Å². The van der Waals surface area contributed by atoms with Gasteiger partial charge >= 0.3 is 0 Å². The molecule has 0 aliphatic heterocycles. The summed E-state index contributed by atoms with van der Waals surface area (Å²) in [5.41, 5.74) is 2.28. The van der Waals surface area contributed by atoms with Crippen LogP contribution in [0.25, 0.3) is 0 Å². The number of carbonyl (C=O) groups excluding carboxylic acids is 1. The molecule has 2 N–H and O–H groups in total. The standard InChI is InChI=1S/C16H26N2O2/c1-5-17-10-14-8-13(4)6-7-15(14)20-11-16(19)18-9-12(2)3/h6-8,12,17H,5,9-11H2,1-4H3,(H,18,19). The molecule has 0 aliphatic carbocycles. The molecule has 1 aromatic rings. The van der Waals surface area contributed by atoms with Crippen molar-refractivity contribution in [1.29, 1.82) is 0 Å². The summed E-state index contributed by atoms with van der Waals surface area (Å²) in [6.45, 7) is 10.6. The van der Waals surface area contributed by atoms with E-state index in [0.29, 0.717) is 12.5 Å². The molecule has 0 spiro atoms. The molecule has 4 nitrogen and oxygen atoms in total. The van der Waals surface area contributed by atoms with E-state index in [1.807, 2.05) is 12.1 Å². The second kappa shape index (κ2) is 8.59. The molecule has 0 saturated heterocycles. The van der Waals surface area contributed by atoms with Crippen molar-refractivity contribution in [3.05, 3.63) is 29.3 Å². The maximum Gasteiger partial charge on any atom is 0.257 e. The molecule has 0 radical (unpaired) electrons. The fourth-order valence-electron chi connectivity index (χ4n) is 1.76. The van der Waals surface area contributed by atoms with Crippen LogP contribution in [0.2, 0.25) is 0 Å². The van der Waals surface area contributed by atoms with Gasteiger partial charge in [-0.25, -0.2) is 0 Å². The number of aryl methyl sites for hydroxylation is 1. The lowest BCUT2D eigenvalue weighted by Gasteiger charge is -2.13. The van der Waals surface area contributed by atoms with Crippen LogP contribution < -0.4 is 15.4 Å². The highest BCUT2D eigenvalue weighted by atomic mass is 16.5. The Kier molecular flexibility index (Phi) is 7.09. The van der Waals surface area contributed by atoms with Gasteiger partial charge < -0.3 is 15.4 Å². The lowest BCUT2D eigenvalue weighted by molar-refractivity contribution is -0.123. The summed E-state index contributed by atoms with van der Waals surface area (Å²) in [6.07, 6.45) is 0. The summed E-state index contributed by atoms with van der Waals surface area (Å²) in [5, 5.41) is 6.13. The first-order valence-electron chi connectivity index (χ1n) is 7.22. The molecule has 112 valence electrons. The normalized spacial score (nSPS) is 10.7. The highest BCUT2D eigenvalue weighted by molar-refractivity contribution is 5.77. The third-order valence-electron chi connectivity index (χ3n) is 2.85. The third-order valence-corrected chi connectivity index (χ3v) is 2.85. The van der Waals surface area contributed by atoms with Gasteiger partial charge in [0.05, 0.1) is 0 Å². The van der Waals surface area contributed by atoms with E-state index in [2.05, 4.69) is 44.4 Å². The molecule has 1 rings (SSSR count). The van der Waals surface area contributed by atoms with Crippen LogP contribution in [0.15, 0.2) is 18.2 Å². The van der Waals surface area contributed by atoms with Crippen molar-refractivity contribution in [1.82, 2.24) is 10.6 Å². The van der Waals surface area contributed by atoms with Crippen LogP contribution in [-0.2, 0) is 11.3 Å². The zero-order valence-corrected chi connectivity index (χ0v) is 13.0. The Labute approximate surface area is 121 Å². The molecule has 0 atom stereocenters. The van der Waals surface area contributed by atoms with E-state index < -0.39 is 0 Å². The number of nitrogens with one attached hydrogen (secondary N) is 2. The first kappa shape index (κ1) is 16.5. The highest BCUT2D eigenvalue weighted by Crippen LogP contribution is 2.19. The van der Waals surface area contributed by atoms with E-state index in [9.17, 15) is 4.79 Å². The molecule has 0 aliphatic rings. The Hall–Kier alpha value is -1.55. The van der Waals surface area contributed by atoms with Gasteiger partial charge in [-0.3, -0.25) is 4.79 Å². The topological polar surface area (TPSA) is 50.4 Å². The highest BCUT2D eigenvalue weighted by Gasteiger charge is 2.07. The van der Waals surface area contributed by atoms with E-state index >= 15 is 0 Å². The number of ether oxygens (including phenoxy) is 1. The van der Waals surface area contributed by atoms with Gasteiger partial charge in [0.15, 0.2) is 6.61 Å². The molecular weight excluding hydrogens is 252 g/mol. The first-order chi connectivity index (χ1) is 9.52. The van der Waals surface area contributed by atoms with Crippen molar-refractivity contribution >= 4 is 5.91 Å². The van der Waals surface area contributed by atoms with Gasteiger partial charge in [0, 0.05) is 18.7 Å². The van der Waals surface area contributed by atoms with Gasteiger partial charge in [0.25, 0.3) is 5.91 Å². The second-order valence-electron chi connectivity index (χ2n) is 5.38. The molecule has 1 amide bonds. The van der Waals surface area contributed by atoms with Gasteiger partial charge in [-0.15, -0.1) is 0 Å². The molecule has 0 unspecified atom stereocenters. The summed E-state index contributed by atoms with van der Waals surface area (Å²) in [7, 11) is 0. The predicted octanol–water partition coefficient (Wildman–Crippen LogP) is 2.26. The maximum atomic E-state index is 11.7. The van der Waals surface area contributed by atoms with Crippen molar-refractivity contribution in [3.8, 4) is 5.75 Å². The van der Waals surface area contributed by atoms with Crippen molar-refractivity contribution < 1.29 is 9.53 Å². The average Bonchev–Trinajstić information content (AvgIpc) is 2.41. The van der Waals surface area contributed by atoms with Crippen molar-refractivity contribution in [2.45, 2.75) is 34.2 Å². The van der Waals surface area contributed by atoms with Crippen LogP contribution in [0.1, 0.15) is 31.9 Å². The number of hydrogen-bond donors (Lipinski definition) is 2. The minimum atomic E-state index is -0.0753. The van der Waals surface area contributed by atoms with Gasteiger partial charge in [0.1, 0.15) is 5.75 Å². The summed E-state index contributed by atoms with van der Waals surface area (Å²) >= 11 is 0. The molecule has 0 bridgehead atoms. The fraction of sp³-hybridized carbons (Fsp3) is 0.562. The van der Waals surface area contributed by atoms with E-state index in [1.165, 1.54) is 5.56 Å². The third kappa shape index (κ3) is 6.06. The predicted molar refractivity (Wildman–Crippen MR) is 81.9 cm³/mol. The Morgan fingerprint density at radius 1 is 1.35 bits per heavy atom. The van der Waals surface area contributed by atoms with Gasteiger partial charge in [-0.05, 0) is 25.5 Å². The molecule has 0 saturated carbocycles. The van der Waals surface area contributed by atoms with Crippen LogP contribution in [0.5, 0.6) is 5.75 Å². The van der Waals surface area contributed by atoms with E-state index in [4.69, 9.17) is 4.74 Å². The maximum absolute atomic E-state index is 11.7. The molecular formula is C16H26N2O2. The second-order valence-corrected chi connectivity index (χ2v) is 5.38. The van der Waals surface area contributed by atoms with Crippen LogP contribution in [0.3, 0.4) is 0 Å². The zero-order valence-electron chi connectivity index (χ0n) is 13.0. The minimum Gasteiger partial charge on any atom is -0.483 e. The average molecular weight is 278 g/mol. The molecule has 1 aromatic carbocycles. The zero-order chi connectivity index (χ0) is 15.0. The first-order valence-corrected chi connectivity index (χ1v) is 7.22. The van der Waals surface area contributed by atoms with E-state index in [0.717, 1.165) is 24.4 Å². The molecule has 20 heavy (non-hydrogen) atoms. The Morgan fingerprint density at radius 3 is 2.75 bits per heavy atom. The lowest BCUT2D eigenvalue weighted by atomic mass is 10.1. The van der Waals surface area contributed by atoms with Crippen LogP contribution in [0, 0.1) is 12.8 Å². The SMILES string of the molecule is CCNCc1cc(C)ccc1OCC(=O)NCC(C)C. The van der Waals surface area contributed by atoms with Crippen LogP contribution in [0.4, 0.5) is 0 Å². The van der Waals surface area contributed by atoms with Gasteiger partial charge in [-0.2, -0.15) is 0 Å². The van der Waals surface area contributed by atoms with Crippen LogP contribution >= 0.6 is 0 Å². The minimum absolute atomic E-state index is 0.0644. The number of benzene rings is 1. The Balaban J connectivity index is 2.55. The summed E-state index contributed by atoms with van der Waals surface area (Å²) in [6, 6.07) is 6.01. The number of amides is 1. The van der Waals surface area contributed by atoms with E-state index in [-0.39, 0.29) is 12.5 Å². The van der Waals surface area contributed by atoms with E-state index in [1.54, 1.807) is 0 Å². The lowest BCUT2D eigenvalue weighted by Crippen LogP contribution is -2.31. The molecule has 4 heteroatoms. The van der Waals surface area contributed by atoms with Crippen molar-refractivity contribution in [3.63, 3.8) is 0 Å². The number of carbonyl (C=O) groups is 1. The van der Waals surface area contributed by atoms with Gasteiger partial charge in [-0.1, -0.05) is 38.5 Å². The smallest absolute Gasteiger partial charge is 0.257 e. The number of hydrogen-bond acceptors (Lipinski definition) is 3. The summed E-state index contributed by atoms with van der Waals surface area (Å²) in [5.74, 6) is 1.15. The molecule has 0 fully saturated rings. The number of rotatable bonds is 8. The molecule has 0 heterocycles. The quantitative estimate of drug-likeness (QED) is 0.767. The van der Waals surface area contributed by atoms with Crippen molar-refractivity contribution in [2.75, 3.05) is 19.7 Å². The fourth-order valence-corrected chi connectivity index (χ4v) is 1.76. The monoisotopic (exact) mass is 278 g/mol. The summed E-state index contributed by atoms with van der Waals surface area (Å²) in [4.78, 5) is 11.7. The largest absolute Gasteiger partial charge is 0.483 e. The van der Waals surface area contributed by atoms with Crippen molar-refractivity contribution in [2.24, 2.45) is 5.92 Å². The Morgan fingerprint density at radius 2 is 2.10 bits per heavy atom. The summed E-state index contributed by atoms with van der Waals surface area (Å²) < 4.78 is 5.63.